The Labute approximate surface area is 221 Å². The van der Waals surface area contributed by atoms with Crippen molar-refractivity contribution in [3.63, 3.8) is 0 Å². The molecule has 230 valence electrons. The van der Waals surface area contributed by atoms with E-state index in [2.05, 4.69) is 72.1 Å². The van der Waals surface area contributed by atoms with Crippen LogP contribution in [-0.4, -0.2) is 60.2 Å². The van der Waals surface area contributed by atoms with Crippen LogP contribution in [0.25, 0.3) is 21.5 Å². The van der Waals surface area contributed by atoms with Gasteiger partial charge in [0.15, 0.2) is 0 Å². The minimum Gasteiger partial charge on any atom is -0.374 e. The number of aliphatic hydroxyl groups is 2. The molecule has 3 aromatic rings. The van der Waals surface area contributed by atoms with E-state index < -0.39 is 35.9 Å². The third-order valence-electron chi connectivity index (χ3n) is 4.86. The lowest BCUT2D eigenvalue weighted by molar-refractivity contribution is -0.361. The van der Waals surface area contributed by atoms with Crippen LogP contribution in [0, 0.1) is 0 Å². The molecule has 0 radical (unpaired) electrons. The number of fused-ring (bicyclic) bond motifs is 3. The van der Waals surface area contributed by atoms with E-state index in [0.717, 1.165) is 0 Å². The zero-order chi connectivity index (χ0) is 32.4. The molecule has 0 fully saturated rings. The van der Waals surface area contributed by atoms with Crippen LogP contribution in [0.3, 0.4) is 0 Å². The van der Waals surface area contributed by atoms with Crippen molar-refractivity contribution in [1.29, 1.82) is 0 Å². The fourth-order valence-corrected chi connectivity index (χ4v) is 2.28. The summed E-state index contributed by atoms with van der Waals surface area (Å²) in [6.07, 6.45) is -22.8. The minimum absolute atomic E-state index is 0.340. The van der Waals surface area contributed by atoms with Gasteiger partial charge in [-0.15, -0.1) is 0 Å². The predicted molar refractivity (Wildman–Crippen MR) is 127 cm³/mol. The molecule has 0 aliphatic heterocycles. The fourth-order valence-electron chi connectivity index (χ4n) is 2.28. The van der Waals surface area contributed by atoms with Crippen molar-refractivity contribution >= 4 is 21.5 Å². The molecule has 16 heteroatoms. The lowest BCUT2D eigenvalue weighted by Gasteiger charge is -2.28. The van der Waals surface area contributed by atoms with Gasteiger partial charge in [0.25, 0.3) is 11.2 Å². The Kier molecular flexibility index (Phi) is 14.5. The maximum Gasteiger partial charge on any atom is 0.425 e. The molecular formula is C24H28F12N2O2. The van der Waals surface area contributed by atoms with E-state index in [-0.39, 0.29) is 13.8 Å². The van der Waals surface area contributed by atoms with Crippen molar-refractivity contribution < 1.29 is 62.9 Å². The monoisotopic (exact) mass is 604 g/mol. The Morgan fingerprint density at radius 2 is 0.625 bits per heavy atom. The largest absolute Gasteiger partial charge is 0.425 e. The zero-order valence-corrected chi connectivity index (χ0v) is 21.4. The van der Waals surface area contributed by atoms with Crippen molar-refractivity contribution in [2.45, 2.75) is 49.8 Å². The van der Waals surface area contributed by atoms with Crippen molar-refractivity contribution in [3.8, 4) is 0 Å². The number of hydrogen-bond donors (Lipinski definition) is 4. The molecule has 4 nitrogen and oxygen atoms in total. The summed E-state index contributed by atoms with van der Waals surface area (Å²) in [5.74, 6) is 0. The minimum atomic E-state index is -5.69. The number of benzene rings is 3. The molecule has 40 heavy (non-hydrogen) atoms. The molecule has 0 amide bonds. The second-order valence-electron chi connectivity index (χ2n) is 7.64. The summed E-state index contributed by atoms with van der Waals surface area (Å²) in [7, 11) is 3.00. The van der Waals surface area contributed by atoms with Crippen LogP contribution in [0.2, 0.25) is 0 Å². The highest BCUT2D eigenvalue weighted by Crippen LogP contribution is 2.43. The maximum absolute atomic E-state index is 11.4. The summed E-state index contributed by atoms with van der Waals surface area (Å²) in [5, 5.41) is 21.2. The number of nitrogens with two attached hydrogens (primary N) is 2. The van der Waals surface area contributed by atoms with E-state index >= 15 is 0 Å². The summed E-state index contributed by atoms with van der Waals surface area (Å²) < 4.78 is 136. The Morgan fingerprint density at radius 3 is 0.800 bits per heavy atom. The molecule has 0 aromatic heterocycles. The van der Waals surface area contributed by atoms with E-state index in [1.807, 2.05) is 0 Å². The summed E-state index contributed by atoms with van der Waals surface area (Å²) in [5.41, 5.74) is -0.250. The van der Waals surface area contributed by atoms with Crippen molar-refractivity contribution in [1.82, 2.24) is 0 Å². The van der Waals surface area contributed by atoms with Crippen LogP contribution in [0.4, 0.5) is 52.7 Å². The van der Waals surface area contributed by atoms with E-state index in [0.29, 0.717) is 0 Å². The molecule has 0 aliphatic rings. The topological polar surface area (TPSA) is 92.5 Å². The smallest absolute Gasteiger partial charge is 0.374 e. The quantitative estimate of drug-likeness (QED) is 0.167. The third kappa shape index (κ3) is 9.98. The van der Waals surface area contributed by atoms with Gasteiger partial charge >= 0.3 is 24.7 Å². The van der Waals surface area contributed by atoms with Crippen molar-refractivity contribution in [2.24, 2.45) is 11.5 Å². The molecule has 0 saturated heterocycles. The van der Waals surface area contributed by atoms with Gasteiger partial charge in [0.2, 0.25) is 0 Å². The summed E-state index contributed by atoms with van der Waals surface area (Å²) in [6, 6.07) is 21.4. The first kappa shape index (κ1) is 39.3. The molecule has 0 saturated carbocycles. The molecule has 0 unspecified atom stereocenters. The van der Waals surface area contributed by atoms with Crippen LogP contribution in [0.5, 0.6) is 0 Å². The first-order valence-electron chi connectivity index (χ1n) is 10.7. The first-order chi connectivity index (χ1) is 17.9. The molecule has 0 bridgehead atoms. The van der Waals surface area contributed by atoms with Crippen molar-refractivity contribution in [3.05, 3.63) is 60.7 Å². The van der Waals surface area contributed by atoms with Gasteiger partial charge in [0, 0.05) is 0 Å². The Balaban J connectivity index is 0. The van der Waals surface area contributed by atoms with Crippen LogP contribution < -0.4 is 11.5 Å². The summed E-state index contributed by atoms with van der Waals surface area (Å²) >= 11 is 0. The fraction of sp³-hybridized carbons (Fsp3) is 0.417. The third-order valence-corrected chi connectivity index (χ3v) is 4.86. The molecule has 6 N–H and O–H groups in total. The maximum atomic E-state index is 11.4. The van der Waals surface area contributed by atoms with Gasteiger partial charge in [-0.3, -0.25) is 0 Å². The normalized spacial score (nSPS) is 12.5. The SMILES string of the molecule is CC(O)(C(F)(F)F)C(F)(F)F.CC(O)(C(F)(F)F)C(F)(F)F.CN.CN.c1ccc2c(c1)ccc1ccccc12. The molecule has 3 aromatic carbocycles. The van der Waals surface area contributed by atoms with Gasteiger partial charge in [-0.25, -0.2) is 0 Å². The zero-order valence-electron chi connectivity index (χ0n) is 21.4. The Bertz CT molecular complexity index is 1030. The second kappa shape index (κ2) is 14.7. The average Bonchev–Trinajstić information content (AvgIpc) is 2.84. The summed E-state index contributed by atoms with van der Waals surface area (Å²) in [4.78, 5) is 0. The average molecular weight is 604 g/mol. The lowest BCUT2D eigenvalue weighted by Crippen LogP contribution is -2.54. The highest BCUT2D eigenvalue weighted by molar-refractivity contribution is 6.07. The molecule has 0 heterocycles. The van der Waals surface area contributed by atoms with Crippen LogP contribution in [0.15, 0.2) is 60.7 Å². The van der Waals surface area contributed by atoms with Gasteiger partial charge in [0.05, 0.1) is 0 Å². The lowest BCUT2D eigenvalue weighted by atomic mass is 10.0. The van der Waals surface area contributed by atoms with Crippen molar-refractivity contribution in [2.75, 3.05) is 14.1 Å². The van der Waals surface area contributed by atoms with Gasteiger partial charge in [-0.1, -0.05) is 60.7 Å². The highest BCUT2D eigenvalue weighted by Gasteiger charge is 2.67. The van der Waals surface area contributed by atoms with Gasteiger partial charge in [-0.05, 0) is 49.5 Å². The molecule has 0 aliphatic carbocycles. The van der Waals surface area contributed by atoms with Crippen LogP contribution in [-0.2, 0) is 0 Å². The predicted octanol–water partition coefficient (Wildman–Crippen LogP) is 6.87. The summed E-state index contributed by atoms with van der Waals surface area (Å²) in [6.45, 7) is -0.681. The number of rotatable bonds is 0. The second-order valence-corrected chi connectivity index (χ2v) is 7.64. The van der Waals surface area contributed by atoms with E-state index in [1.165, 1.54) is 35.6 Å². The molecule has 0 spiro atoms. The number of halogens is 12. The molecule has 0 atom stereocenters. The van der Waals surface area contributed by atoms with Crippen LogP contribution in [0.1, 0.15) is 13.8 Å². The van der Waals surface area contributed by atoms with E-state index in [9.17, 15) is 52.7 Å². The Morgan fingerprint density at radius 1 is 0.425 bits per heavy atom. The van der Waals surface area contributed by atoms with E-state index in [1.54, 1.807) is 0 Å². The molecular weight excluding hydrogens is 576 g/mol. The molecule has 3 rings (SSSR count). The van der Waals surface area contributed by atoms with Crippen LogP contribution >= 0.6 is 0 Å². The first-order valence-corrected chi connectivity index (χ1v) is 10.7. The Hall–Kier alpha value is -2.82. The van der Waals surface area contributed by atoms with Gasteiger partial charge in [0.1, 0.15) is 0 Å². The number of hydrogen-bond acceptors (Lipinski definition) is 4. The highest BCUT2D eigenvalue weighted by atomic mass is 19.4. The van der Waals surface area contributed by atoms with Gasteiger partial charge in [-0.2, -0.15) is 52.7 Å². The number of alkyl halides is 12. The van der Waals surface area contributed by atoms with E-state index in [4.69, 9.17) is 10.2 Å². The van der Waals surface area contributed by atoms with Gasteiger partial charge < -0.3 is 21.7 Å². The standard InChI is InChI=1S/C14H10.2C4H4F6O.2CH5N/c1-3-7-13-11(5-1)9-10-12-6-2-4-8-14(12)13;2*1-2(11,3(5,6)7)4(8,9)10;2*1-2/h1-10H;2*11H,1H3;2*2H2,1H3.